The maximum absolute atomic E-state index is 15.5. The number of piperidine rings is 1. The van der Waals surface area contributed by atoms with Gasteiger partial charge in [0.1, 0.15) is 29.7 Å². The highest BCUT2D eigenvalue weighted by atomic mass is 31.2. The van der Waals surface area contributed by atoms with Crippen LogP contribution in [0.5, 0.6) is 5.75 Å². The lowest BCUT2D eigenvalue weighted by molar-refractivity contribution is -0.121. The first-order chi connectivity index (χ1) is 23.7. The Morgan fingerprint density at radius 2 is 1.82 bits per heavy atom. The number of halogens is 2. The van der Waals surface area contributed by atoms with Crippen molar-refractivity contribution < 1.29 is 56.6 Å². The highest BCUT2D eigenvalue weighted by Gasteiger charge is 2.43. The number of nitrogens with zero attached hydrogens (tertiary/aromatic N) is 3. The van der Waals surface area contributed by atoms with Gasteiger partial charge in [-0.15, -0.1) is 0 Å². The highest BCUT2D eigenvalue weighted by Crippen LogP contribution is 2.46. The van der Waals surface area contributed by atoms with Gasteiger partial charge in [0.15, 0.2) is 11.6 Å². The van der Waals surface area contributed by atoms with Crippen LogP contribution < -0.4 is 25.3 Å². The standard InChI is InChI=1S/C32H35F2N4O11P/c1-2-28(39)35-14-20-15-38(31(43)48-20)19-5-6-27(24(34)11-19)47-17-32(49-50(44,45)46)7-9-36(10-8-32)26-13-25-21(12-23(26)33)29(40)22(30(41)42)16-37(25)18-3-4-18/h5-6,11-13,16,18,20H,2-4,7-10,14-15,17H2,1H3,(H,35,39)(H,41,42)(H2,44,45,46). The maximum Gasteiger partial charge on any atom is 0.470 e. The van der Waals surface area contributed by atoms with Gasteiger partial charge in [0.2, 0.25) is 11.3 Å². The van der Waals surface area contributed by atoms with E-state index in [9.17, 15) is 38.6 Å². The fourth-order valence-electron chi connectivity index (χ4n) is 6.25. The van der Waals surface area contributed by atoms with Crippen molar-refractivity contribution in [3.8, 4) is 5.75 Å². The molecule has 2 aliphatic heterocycles. The van der Waals surface area contributed by atoms with Crippen LogP contribution in [0.25, 0.3) is 10.9 Å². The summed E-state index contributed by atoms with van der Waals surface area (Å²) >= 11 is 0. The van der Waals surface area contributed by atoms with Crippen molar-refractivity contribution in [1.82, 2.24) is 9.88 Å². The molecule has 3 aliphatic rings. The molecule has 1 atom stereocenters. The molecule has 1 unspecified atom stereocenters. The van der Waals surface area contributed by atoms with Crippen LogP contribution >= 0.6 is 7.82 Å². The van der Waals surface area contributed by atoms with Gasteiger partial charge in [-0.1, -0.05) is 6.92 Å². The number of carboxylic acid groups (broad SMARTS) is 1. The van der Waals surface area contributed by atoms with Gasteiger partial charge in [0.05, 0.1) is 30.0 Å². The zero-order valence-electron chi connectivity index (χ0n) is 26.8. The zero-order chi connectivity index (χ0) is 36.0. The van der Waals surface area contributed by atoms with E-state index in [1.54, 1.807) is 16.4 Å². The molecule has 3 fully saturated rings. The van der Waals surface area contributed by atoms with Crippen molar-refractivity contribution in [2.45, 2.75) is 56.8 Å². The van der Waals surface area contributed by atoms with E-state index in [2.05, 4.69) is 5.32 Å². The average molecular weight is 721 g/mol. The lowest BCUT2D eigenvalue weighted by Gasteiger charge is -2.42. The Bertz CT molecular complexity index is 1960. The maximum atomic E-state index is 15.5. The van der Waals surface area contributed by atoms with Crippen LogP contribution in [-0.2, 0) is 18.6 Å². The van der Waals surface area contributed by atoms with Gasteiger partial charge in [0, 0.05) is 43.2 Å². The number of aromatic nitrogens is 1. The number of carbonyl (C=O) groups is 3. The van der Waals surface area contributed by atoms with Gasteiger partial charge in [0.25, 0.3) is 0 Å². The Hall–Kier alpha value is -4.57. The number of ether oxygens (including phenoxy) is 2. The average Bonchev–Trinajstić information content (AvgIpc) is 3.84. The summed E-state index contributed by atoms with van der Waals surface area (Å²) in [6, 6.07) is 6.16. The molecular formula is C32H35F2N4O11P. The molecule has 2 amide bonds. The van der Waals surface area contributed by atoms with Crippen LogP contribution in [0.15, 0.2) is 41.3 Å². The summed E-state index contributed by atoms with van der Waals surface area (Å²) in [6.45, 7) is 1.43. The molecule has 2 saturated heterocycles. The summed E-state index contributed by atoms with van der Waals surface area (Å²) in [6.07, 6.45) is 1.57. The number of hydrogen-bond acceptors (Lipinski definition) is 9. The zero-order valence-corrected chi connectivity index (χ0v) is 27.7. The summed E-state index contributed by atoms with van der Waals surface area (Å²) in [5, 5.41) is 12.1. The lowest BCUT2D eigenvalue weighted by Crippen LogP contribution is -2.49. The topological polar surface area (TPSA) is 197 Å². The number of aromatic carboxylic acids is 1. The molecule has 3 aromatic rings. The van der Waals surface area contributed by atoms with E-state index in [0.29, 0.717) is 5.52 Å². The quantitative estimate of drug-likeness (QED) is 0.198. The number of pyridine rings is 1. The fourth-order valence-corrected chi connectivity index (χ4v) is 6.99. The van der Waals surface area contributed by atoms with Crippen molar-refractivity contribution in [2.24, 2.45) is 0 Å². The Morgan fingerprint density at radius 3 is 2.44 bits per heavy atom. The first-order valence-electron chi connectivity index (χ1n) is 16.0. The highest BCUT2D eigenvalue weighted by molar-refractivity contribution is 7.46. The minimum Gasteiger partial charge on any atom is -0.487 e. The monoisotopic (exact) mass is 720 g/mol. The van der Waals surface area contributed by atoms with E-state index < -0.39 is 60.8 Å². The van der Waals surface area contributed by atoms with Gasteiger partial charge in [-0.3, -0.25) is 19.0 Å². The number of anilines is 2. The van der Waals surface area contributed by atoms with E-state index in [-0.39, 0.29) is 79.9 Å². The van der Waals surface area contributed by atoms with Gasteiger partial charge in [-0.2, -0.15) is 0 Å². The predicted octanol–water partition coefficient (Wildman–Crippen LogP) is 3.69. The smallest absolute Gasteiger partial charge is 0.470 e. The molecular weight excluding hydrogens is 685 g/mol. The number of amides is 2. The number of rotatable bonds is 12. The number of fused-ring (bicyclic) bond motifs is 1. The summed E-state index contributed by atoms with van der Waals surface area (Å²) in [7, 11) is -5.08. The Kier molecular flexibility index (Phi) is 9.61. The molecule has 0 radical (unpaired) electrons. The molecule has 18 heteroatoms. The van der Waals surface area contributed by atoms with E-state index >= 15 is 8.78 Å². The Labute approximate surface area is 283 Å². The first-order valence-corrected chi connectivity index (χ1v) is 17.5. The molecule has 3 heterocycles. The summed E-state index contributed by atoms with van der Waals surface area (Å²) in [4.78, 5) is 70.8. The van der Waals surface area contributed by atoms with Crippen LogP contribution in [0.4, 0.5) is 25.0 Å². The summed E-state index contributed by atoms with van der Waals surface area (Å²) in [5.74, 6) is -3.54. The molecule has 2 aromatic carbocycles. The number of cyclic esters (lactones) is 1. The second-order valence-corrected chi connectivity index (χ2v) is 13.7. The van der Waals surface area contributed by atoms with Crippen molar-refractivity contribution in [1.29, 1.82) is 0 Å². The van der Waals surface area contributed by atoms with Crippen LogP contribution in [0.2, 0.25) is 0 Å². The van der Waals surface area contributed by atoms with Crippen LogP contribution in [0, 0.1) is 11.6 Å². The van der Waals surface area contributed by atoms with Crippen molar-refractivity contribution in [3.63, 3.8) is 0 Å². The molecule has 4 N–H and O–H groups in total. The number of carboxylic acids is 1. The van der Waals surface area contributed by atoms with Crippen LogP contribution in [-0.4, -0.2) is 81.9 Å². The van der Waals surface area contributed by atoms with Gasteiger partial charge in [-0.05, 0) is 49.9 Å². The van der Waals surface area contributed by atoms with Gasteiger partial charge < -0.3 is 39.2 Å². The Balaban J connectivity index is 1.17. The Morgan fingerprint density at radius 1 is 1.10 bits per heavy atom. The number of hydrogen-bond donors (Lipinski definition) is 4. The van der Waals surface area contributed by atoms with Crippen molar-refractivity contribution in [3.05, 3.63) is 63.9 Å². The number of nitrogens with one attached hydrogen (secondary N) is 1. The van der Waals surface area contributed by atoms with Gasteiger partial charge in [-0.25, -0.2) is 22.9 Å². The number of benzene rings is 2. The van der Waals surface area contributed by atoms with Crippen LogP contribution in [0.1, 0.15) is 55.4 Å². The molecule has 1 saturated carbocycles. The van der Waals surface area contributed by atoms with Crippen molar-refractivity contribution in [2.75, 3.05) is 42.6 Å². The summed E-state index contributed by atoms with van der Waals surface area (Å²) < 4.78 is 60.6. The normalized spacial score (nSPS) is 19.1. The number of phosphoric ester groups is 1. The second-order valence-electron chi connectivity index (χ2n) is 12.6. The second kappa shape index (κ2) is 13.6. The molecule has 0 spiro atoms. The summed E-state index contributed by atoms with van der Waals surface area (Å²) in [5.41, 5.74) is -2.22. The van der Waals surface area contributed by atoms with E-state index in [1.807, 2.05) is 0 Å². The minimum absolute atomic E-state index is 0.0328. The first kappa shape index (κ1) is 35.3. The fraction of sp³-hybridized carbons (Fsp3) is 0.438. The molecule has 50 heavy (non-hydrogen) atoms. The molecule has 1 aliphatic carbocycles. The van der Waals surface area contributed by atoms with Crippen molar-refractivity contribution >= 4 is 48.1 Å². The third-order valence-corrected chi connectivity index (χ3v) is 9.66. The third-order valence-electron chi connectivity index (χ3n) is 9.04. The molecule has 1 aromatic heterocycles. The molecule has 15 nitrogen and oxygen atoms in total. The lowest BCUT2D eigenvalue weighted by atomic mass is 9.92. The molecule has 0 bridgehead atoms. The predicted molar refractivity (Wildman–Crippen MR) is 174 cm³/mol. The minimum atomic E-state index is -5.08. The molecule has 268 valence electrons. The SMILES string of the molecule is CCC(=O)NCC1CN(c2ccc(OCC3(OP(=O)(O)O)CCN(c4cc5c(cc4F)c(=O)c(C(=O)O)cn5C4CC4)CC3)c(F)c2)C(=O)O1. The third kappa shape index (κ3) is 7.45. The molecule has 6 rings (SSSR count). The van der Waals surface area contributed by atoms with Gasteiger partial charge >= 0.3 is 19.9 Å². The largest absolute Gasteiger partial charge is 0.487 e. The van der Waals surface area contributed by atoms with E-state index in [0.717, 1.165) is 25.0 Å². The number of carbonyl (C=O) groups excluding carboxylic acids is 2. The van der Waals surface area contributed by atoms with E-state index in [4.69, 9.17) is 14.0 Å². The van der Waals surface area contributed by atoms with Crippen LogP contribution in [0.3, 0.4) is 0 Å². The number of phosphoric acid groups is 1. The van der Waals surface area contributed by atoms with E-state index in [1.165, 1.54) is 29.3 Å².